The van der Waals surface area contributed by atoms with Crippen molar-refractivity contribution >= 4 is 0 Å². The van der Waals surface area contributed by atoms with Crippen molar-refractivity contribution in [2.75, 3.05) is 0 Å². The van der Waals surface area contributed by atoms with Crippen molar-refractivity contribution in [3.63, 3.8) is 0 Å². The molecule has 1 aliphatic rings. The first kappa shape index (κ1) is 9.31. The van der Waals surface area contributed by atoms with Crippen LogP contribution >= 0.6 is 0 Å². The molecule has 0 unspecified atom stereocenters. The van der Waals surface area contributed by atoms with Gasteiger partial charge in [-0.15, -0.1) is 19.7 Å². The van der Waals surface area contributed by atoms with Crippen molar-refractivity contribution < 1.29 is 0 Å². The van der Waals surface area contributed by atoms with Crippen molar-refractivity contribution in [1.29, 1.82) is 0 Å². The normalized spacial score (nSPS) is 35.5. The van der Waals surface area contributed by atoms with Crippen LogP contribution in [-0.4, -0.2) is 0 Å². The maximum atomic E-state index is 3.87. The van der Waals surface area contributed by atoms with Gasteiger partial charge in [0.15, 0.2) is 0 Å². The SMILES string of the molecule is C=C[C@H]1CC[C@H](C=C)[C@H](C=C)C1. The Bertz CT molecular complexity index is 178. The Morgan fingerprint density at radius 1 is 0.833 bits per heavy atom. The fourth-order valence-corrected chi connectivity index (χ4v) is 2.04. The summed E-state index contributed by atoms with van der Waals surface area (Å²) in [5.74, 6) is 1.97. The van der Waals surface area contributed by atoms with Crippen LogP contribution in [0.1, 0.15) is 19.3 Å². The van der Waals surface area contributed by atoms with Gasteiger partial charge in [-0.2, -0.15) is 0 Å². The Balaban J connectivity index is 2.58. The largest absolute Gasteiger partial charge is 0.103 e. The minimum atomic E-state index is 0.624. The van der Waals surface area contributed by atoms with E-state index in [4.69, 9.17) is 0 Å². The maximum absolute atomic E-state index is 3.87. The van der Waals surface area contributed by atoms with Gasteiger partial charge in [-0.05, 0) is 37.0 Å². The van der Waals surface area contributed by atoms with E-state index in [9.17, 15) is 0 Å². The quantitative estimate of drug-likeness (QED) is 0.556. The highest BCUT2D eigenvalue weighted by Gasteiger charge is 2.24. The first-order chi connectivity index (χ1) is 5.81. The van der Waals surface area contributed by atoms with E-state index in [1.54, 1.807) is 0 Å². The van der Waals surface area contributed by atoms with Gasteiger partial charge in [-0.1, -0.05) is 18.2 Å². The molecule has 0 aliphatic heterocycles. The molecule has 0 saturated heterocycles. The third-order valence-corrected chi connectivity index (χ3v) is 2.93. The Labute approximate surface area is 75.7 Å². The smallest absolute Gasteiger partial charge is 0.0168 e. The van der Waals surface area contributed by atoms with Crippen LogP contribution in [0, 0.1) is 17.8 Å². The maximum Gasteiger partial charge on any atom is -0.0168 e. The first-order valence-corrected chi connectivity index (χ1v) is 4.69. The fourth-order valence-electron chi connectivity index (χ4n) is 2.04. The fraction of sp³-hybridized carbons (Fsp3) is 0.500. The number of allylic oxidation sites excluding steroid dienone is 3. The zero-order valence-electron chi connectivity index (χ0n) is 7.71. The third-order valence-electron chi connectivity index (χ3n) is 2.93. The van der Waals surface area contributed by atoms with Crippen molar-refractivity contribution in [3.05, 3.63) is 38.0 Å². The second-order valence-corrected chi connectivity index (χ2v) is 3.61. The van der Waals surface area contributed by atoms with Gasteiger partial charge in [-0.25, -0.2) is 0 Å². The van der Waals surface area contributed by atoms with Gasteiger partial charge < -0.3 is 0 Å². The second kappa shape index (κ2) is 4.30. The van der Waals surface area contributed by atoms with E-state index in [1.807, 2.05) is 0 Å². The lowest BCUT2D eigenvalue weighted by Gasteiger charge is -2.31. The highest BCUT2D eigenvalue weighted by atomic mass is 14.3. The highest BCUT2D eigenvalue weighted by molar-refractivity contribution is 4.99. The van der Waals surface area contributed by atoms with E-state index < -0.39 is 0 Å². The van der Waals surface area contributed by atoms with Crippen LogP contribution < -0.4 is 0 Å². The Morgan fingerprint density at radius 2 is 1.50 bits per heavy atom. The molecule has 1 aliphatic carbocycles. The molecule has 0 nitrogen and oxygen atoms in total. The molecule has 0 spiro atoms. The van der Waals surface area contributed by atoms with E-state index >= 15 is 0 Å². The topological polar surface area (TPSA) is 0 Å². The van der Waals surface area contributed by atoms with Crippen LogP contribution in [0.15, 0.2) is 38.0 Å². The van der Waals surface area contributed by atoms with Crippen LogP contribution in [-0.2, 0) is 0 Å². The van der Waals surface area contributed by atoms with Gasteiger partial charge >= 0.3 is 0 Å². The monoisotopic (exact) mass is 162 g/mol. The van der Waals surface area contributed by atoms with Crippen LogP contribution in [0.4, 0.5) is 0 Å². The zero-order valence-corrected chi connectivity index (χ0v) is 7.71. The lowest BCUT2D eigenvalue weighted by molar-refractivity contribution is 0.288. The summed E-state index contributed by atoms with van der Waals surface area (Å²) in [6.07, 6.45) is 9.95. The zero-order chi connectivity index (χ0) is 8.97. The molecule has 0 heterocycles. The third kappa shape index (κ3) is 1.88. The lowest BCUT2D eigenvalue weighted by atomic mass is 9.74. The summed E-state index contributed by atoms with van der Waals surface area (Å²) in [6.45, 7) is 11.6. The molecule has 0 aromatic carbocycles. The van der Waals surface area contributed by atoms with Gasteiger partial charge in [0, 0.05) is 0 Å². The van der Waals surface area contributed by atoms with Crippen molar-refractivity contribution in [3.8, 4) is 0 Å². The number of rotatable bonds is 3. The number of hydrogen-bond acceptors (Lipinski definition) is 0. The minimum absolute atomic E-state index is 0.624. The van der Waals surface area contributed by atoms with E-state index in [1.165, 1.54) is 19.3 Å². The second-order valence-electron chi connectivity index (χ2n) is 3.61. The molecular weight excluding hydrogens is 144 g/mol. The van der Waals surface area contributed by atoms with Gasteiger partial charge in [0.05, 0.1) is 0 Å². The molecule has 0 bridgehead atoms. The molecule has 1 saturated carbocycles. The summed E-state index contributed by atoms with van der Waals surface area (Å²) in [7, 11) is 0. The van der Waals surface area contributed by atoms with Crippen LogP contribution in [0.3, 0.4) is 0 Å². The highest BCUT2D eigenvalue weighted by Crippen LogP contribution is 2.35. The Kier molecular flexibility index (Phi) is 3.33. The predicted molar refractivity (Wildman–Crippen MR) is 54.9 cm³/mol. The summed E-state index contributed by atoms with van der Waals surface area (Å²) in [5, 5.41) is 0. The van der Waals surface area contributed by atoms with Gasteiger partial charge in [0.2, 0.25) is 0 Å². The molecule has 0 N–H and O–H groups in total. The van der Waals surface area contributed by atoms with Crippen LogP contribution in [0.2, 0.25) is 0 Å². The Hall–Kier alpha value is -0.780. The molecule has 0 radical (unpaired) electrons. The van der Waals surface area contributed by atoms with Crippen LogP contribution in [0.25, 0.3) is 0 Å². The average molecular weight is 162 g/mol. The summed E-state index contributed by atoms with van der Waals surface area (Å²) in [5.41, 5.74) is 0. The standard InChI is InChI=1S/C12H18/c1-4-10-7-8-11(5-2)12(6-3)9-10/h4-6,10-12H,1-3,7-9H2/t10-,11-,12+/m0/s1. The first-order valence-electron chi connectivity index (χ1n) is 4.69. The molecular formula is C12H18. The average Bonchev–Trinajstić information content (AvgIpc) is 2.16. The van der Waals surface area contributed by atoms with Crippen molar-refractivity contribution in [2.45, 2.75) is 19.3 Å². The molecule has 3 atom stereocenters. The van der Waals surface area contributed by atoms with Gasteiger partial charge in [0.25, 0.3) is 0 Å². The molecule has 1 rings (SSSR count). The molecule has 0 amide bonds. The molecule has 0 aromatic heterocycles. The van der Waals surface area contributed by atoms with Gasteiger partial charge in [-0.3, -0.25) is 0 Å². The van der Waals surface area contributed by atoms with E-state index in [0.717, 1.165) is 0 Å². The summed E-state index contributed by atoms with van der Waals surface area (Å²) in [4.78, 5) is 0. The molecule has 12 heavy (non-hydrogen) atoms. The summed E-state index contributed by atoms with van der Waals surface area (Å²) < 4.78 is 0. The van der Waals surface area contributed by atoms with E-state index in [-0.39, 0.29) is 0 Å². The molecule has 66 valence electrons. The minimum Gasteiger partial charge on any atom is -0.103 e. The van der Waals surface area contributed by atoms with E-state index in [0.29, 0.717) is 17.8 Å². The predicted octanol–water partition coefficient (Wildman–Crippen LogP) is 3.58. The lowest BCUT2D eigenvalue weighted by Crippen LogP contribution is -2.20. The Morgan fingerprint density at radius 3 is 2.00 bits per heavy atom. The van der Waals surface area contributed by atoms with Gasteiger partial charge in [0.1, 0.15) is 0 Å². The molecule has 0 heteroatoms. The van der Waals surface area contributed by atoms with Crippen LogP contribution in [0.5, 0.6) is 0 Å². The molecule has 0 aromatic rings. The number of hydrogen-bond donors (Lipinski definition) is 0. The van der Waals surface area contributed by atoms with Crippen molar-refractivity contribution in [2.24, 2.45) is 17.8 Å². The molecule has 1 fully saturated rings. The van der Waals surface area contributed by atoms with E-state index in [2.05, 4.69) is 38.0 Å². The van der Waals surface area contributed by atoms with Crippen molar-refractivity contribution in [1.82, 2.24) is 0 Å². The summed E-state index contributed by atoms with van der Waals surface area (Å²) >= 11 is 0. The summed E-state index contributed by atoms with van der Waals surface area (Å²) in [6, 6.07) is 0.